The van der Waals surface area contributed by atoms with E-state index >= 15 is 0 Å². The third-order valence-electron chi connectivity index (χ3n) is 2.15. The van der Waals surface area contributed by atoms with Crippen LogP contribution in [0, 0.1) is 0 Å². The Kier molecular flexibility index (Phi) is 9.92. The zero-order chi connectivity index (χ0) is 12.3. The Balaban J connectivity index is 4.36. The van der Waals surface area contributed by atoms with Crippen LogP contribution >= 0.6 is 0 Å². The van der Waals surface area contributed by atoms with Crippen LogP contribution in [-0.2, 0) is 13.3 Å². The fourth-order valence-electron chi connectivity index (χ4n) is 1.38. The second-order valence-electron chi connectivity index (χ2n) is 3.52. The Morgan fingerprint density at radius 2 is 1.62 bits per heavy atom. The number of rotatable bonds is 10. The first-order valence-corrected chi connectivity index (χ1v) is 8.20. The van der Waals surface area contributed by atoms with Gasteiger partial charge in [-0.2, -0.15) is 0 Å². The van der Waals surface area contributed by atoms with Gasteiger partial charge in [0.25, 0.3) is 0 Å². The molecule has 0 radical (unpaired) electrons. The van der Waals surface area contributed by atoms with E-state index in [1.54, 1.807) is 0 Å². The third kappa shape index (κ3) is 6.43. The van der Waals surface area contributed by atoms with E-state index in [0.717, 1.165) is 25.5 Å². The fourth-order valence-corrected chi connectivity index (χ4v) is 3.84. The fraction of sp³-hybridized carbons (Fsp3) is 0.833. The number of hydrogen-bond donors (Lipinski definition) is 0. The molecule has 0 saturated heterocycles. The molecule has 0 heterocycles. The molecule has 0 fully saturated rings. The minimum Gasteiger partial charge on any atom is -0.374 e. The lowest BCUT2D eigenvalue weighted by atomic mass is 10.4. The van der Waals surface area contributed by atoms with Crippen molar-refractivity contribution in [3.63, 3.8) is 0 Å². The predicted octanol–water partition coefficient (Wildman–Crippen LogP) is 3.39. The van der Waals surface area contributed by atoms with E-state index in [0.29, 0.717) is 13.2 Å². The lowest BCUT2D eigenvalue weighted by Crippen LogP contribution is -2.45. The average Bonchev–Trinajstić information content (AvgIpc) is 2.27. The maximum absolute atomic E-state index is 5.90. The molecule has 0 aromatic carbocycles. The van der Waals surface area contributed by atoms with E-state index in [2.05, 4.69) is 13.0 Å². The van der Waals surface area contributed by atoms with Crippen LogP contribution in [-0.4, -0.2) is 28.6 Å². The summed E-state index contributed by atoms with van der Waals surface area (Å²) in [4.78, 5) is 0. The summed E-state index contributed by atoms with van der Waals surface area (Å²) < 4.78 is 17.4. The molecule has 3 nitrogen and oxygen atoms in total. The normalized spacial score (nSPS) is 12.5. The lowest BCUT2D eigenvalue weighted by Gasteiger charge is -2.27. The van der Waals surface area contributed by atoms with Crippen molar-refractivity contribution in [1.29, 1.82) is 0 Å². The van der Waals surface area contributed by atoms with Gasteiger partial charge in [-0.15, -0.1) is 0 Å². The molecule has 96 valence electrons. The van der Waals surface area contributed by atoms with Crippen molar-refractivity contribution >= 4 is 8.80 Å². The molecule has 0 aromatic rings. The highest BCUT2D eigenvalue weighted by atomic mass is 28.4. The van der Waals surface area contributed by atoms with E-state index in [4.69, 9.17) is 13.3 Å². The molecule has 0 unspecified atom stereocenters. The maximum atomic E-state index is 5.90. The monoisotopic (exact) mass is 246 g/mol. The Bertz CT molecular complexity index is 177. The minimum atomic E-state index is -2.44. The Labute approximate surface area is 101 Å². The molecular weight excluding hydrogens is 220 g/mol. The van der Waals surface area contributed by atoms with Crippen LogP contribution < -0.4 is 0 Å². The van der Waals surface area contributed by atoms with Gasteiger partial charge in [0.05, 0.1) is 0 Å². The third-order valence-corrected chi connectivity index (χ3v) is 4.99. The topological polar surface area (TPSA) is 27.7 Å². The van der Waals surface area contributed by atoms with Crippen LogP contribution in [0.1, 0.15) is 40.5 Å². The van der Waals surface area contributed by atoms with Gasteiger partial charge in [0.15, 0.2) is 0 Å². The van der Waals surface area contributed by atoms with E-state index in [-0.39, 0.29) is 0 Å². The molecule has 0 amide bonds. The van der Waals surface area contributed by atoms with Gasteiger partial charge in [-0.1, -0.05) is 25.5 Å². The SMILES string of the molecule is CC=CC[Si](OCC)(OCC)OCCCC. The van der Waals surface area contributed by atoms with Crippen LogP contribution in [0.25, 0.3) is 0 Å². The second kappa shape index (κ2) is 10.0. The molecule has 0 N–H and O–H groups in total. The summed E-state index contributed by atoms with van der Waals surface area (Å²) in [6.07, 6.45) is 6.28. The van der Waals surface area contributed by atoms with E-state index < -0.39 is 8.80 Å². The summed E-state index contributed by atoms with van der Waals surface area (Å²) in [7, 11) is -2.44. The molecular formula is C12H26O3Si. The highest BCUT2D eigenvalue weighted by molar-refractivity contribution is 6.61. The molecule has 0 rings (SSSR count). The smallest absolute Gasteiger partial charge is 0.374 e. The standard InChI is InChI=1S/C12H26O3Si/c1-5-9-11-15-16(13-7-3,14-8-4)12-10-6-2/h6,10H,5,7-9,11-12H2,1-4H3. The van der Waals surface area contributed by atoms with Gasteiger partial charge in [0, 0.05) is 25.9 Å². The molecule has 0 aromatic heterocycles. The van der Waals surface area contributed by atoms with Crippen molar-refractivity contribution in [2.75, 3.05) is 19.8 Å². The van der Waals surface area contributed by atoms with E-state index in [1.165, 1.54) is 0 Å². The van der Waals surface area contributed by atoms with Crippen molar-refractivity contribution in [3.05, 3.63) is 12.2 Å². The quantitative estimate of drug-likeness (QED) is 0.336. The van der Waals surface area contributed by atoms with Crippen molar-refractivity contribution in [3.8, 4) is 0 Å². The molecule has 4 heteroatoms. The van der Waals surface area contributed by atoms with Crippen molar-refractivity contribution in [2.45, 2.75) is 46.6 Å². The Morgan fingerprint density at radius 3 is 2.06 bits per heavy atom. The van der Waals surface area contributed by atoms with Crippen LogP contribution in [0.2, 0.25) is 6.04 Å². The van der Waals surface area contributed by atoms with E-state index in [1.807, 2.05) is 26.8 Å². The molecule has 0 aliphatic rings. The first-order valence-electron chi connectivity index (χ1n) is 6.27. The summed E-state index contributed by atoms with van der Waals surface area (Å²) in [6.45, 7) is 10.2. The highest BCUT2D eigenvalue weighted by Gasteiger charge is 2.39. The van der Waals surface area contributed by atoms with Crippen LogP contribution in [0.4, 0.5) is 0 Å². The Hall–Kier alpha value is -0.163. The number of hydrogen-bond acceptors (Lipinski definition) is 3. The van der Waals surface area contributed by atoms with Gasteiger partial charge in [-0.25, -0.2) is 0 Å². The number of unbranched alkanes of at least 4 members (excludes halogenated alkanes) is 1. The van der Waals surface area contributed by atoms with Gasteiger partial charge in [0.1, 0.15) is 0 Å². The first-order chi connectivity index (χ1) is 7.74. The first kappa shape index (κ1) is 15.8. The Morgan fingerprint density at radius 1 is 1.00 bits per heavy atom. The molecule has 0 spiro atoms. The summed E-state index contributed by atoms with van der Waals surface area (Å²) >= 11 is 0. The minimum absolute atomic E-state index is 0.649. The van der Waals surface area contributed by atoms with Gasteiger partial charge in [0.2, 0.25) is 0 Å². The zero-order valence-corrected chi connectivity index (χ0v) is 12.1. The van der Waals surface area contributed by atoms with Crippen LogP contribution in [0.15, 0.2) is 12.2 Å². The summed E-state index contributed by atoms with van der Waals surface area (Å²) in [6, 6.07) is 0.773. The molecule has 0 saturated carbocycles. The number of allylic oxidation sites excluding steroid dienone is 2. The molecule has 0 atom stereocenters. The van der Waals surface area contributed by atoms with Gasteiger partial charge < -0.3 is 13.3 Å². The van der Waals surface area contributed by atoms with Gasteiger partial charge >= 0.3 is 8.80 Å². The molecule has 0 aliphatic carbocycles. The predicted molar refractivity (Wildman–Crippen MR) is 69.5 cm³/mol. The average molecular weight is 246 g/mol. The molecule has 0 bridgehead atoms. The summed E-state index contributed by atoms with van der Waals surface area (Å²) in [5.41, 5.74) is 0. The van der Waals surface area contributed by atoms with Crippen molar-refractivity contribution in [1.82, 2.24) is 0 Å². The summed E-state index contributed by atoms with van der Waals surface area (Å²) in [5, 5.41) is 0. The van der Waals surface area contributed by atoms with Gasteiger partial charge in [-0.05, 0) is 27.2 Å². The highest BCUT2D eigenvalue weighted by Crippen LogP contribution is 2.17. The molecule has 0 aliphatic heterocycles. The maximum Gasteiger partial charge on any atom is 0.504 e. The van der Waals surface area contributed by atoms with Gasteiger partial charge in [-0.3, -0.25) is 0 Å². The van der Waals surface area contributed by atoms with Crippen molar-refractivity contribution < 1.29 is 13.3 Å². The largest absolute Gasteiger partial charge is 0.504 e. The van der Waals surface area contributed by atoms with Crippen molar-refractivity contribution in [2.24, 2.45) is 0 Å². The van der Waals surface area contributed by atoms with Crippen LogP contribution in [0.5, 0.6) is 0 Å². The summed E-state index contributed by atoms with van der Waals surface area (Å²) in [5.74, 6) is 0. The van der Waals surface area contributed by atoms with E-state index in [9.17, 15) is 0 Å². The second-order valence-corrected chi connectivity index (χ2v) is 6.16. The molecule has 16 heavy (non-hydrogen) atoms. The van der Waals surface area contributed by atoms with Crippen LogP contribution in [0.3, 0.4) is 0 Å². The lowest BCUT2D eigenvalue weighted by molar-refractivity contribution is 0.0689. The zero-order valence-electron chi connectivity index (χ0n) is 11.1.